The van der Waals surface area contributed by atoms with E-state index in [0.717, 1.165) is 17.0 Å². The zero-order chi connectivity index (χ0) is 10.3. The van der Waals surface area contributed by atoms with E-state index in [9.17, 15) is 0 Å². The number of aromatic nitrogens is 2. The highest BCUT2D eigenvalue weighted by atomic mass is 32.2. The van der Waals surface area contributed by atoms with Crippen molar-refractivity contribution in [3.8, 4) is 17.0 Å². The molecule has 15 heavy (non-hydrogen) atoms. The predicted octanol–water partition coefficient (Wildman–Crippen LogP) is 2.10. The Bertz CT molecular complexity index is 509. The zero-order valence-electron chi connectivity index (χ0n) is 7.86. The van der Waals surface area contributed by atoms with Crippen LogP contribution >= 0.6 is 11.8 Å². The third-order valence-electron chi connectivity index (χ3n) is 2.28. The van der Waals surface area contributed by atoms with E-state index in [4.69, 9.17) is 10.5 Å². The number of anilines is 1. The lowest BCUT2D eigenvalue weighted by molar-refractivity contribution is 0.398. The van der Waals surface area contributed by atoms with Crippen molar-refractivity contribution < 1.29 is 4.74 Å². The number of hydrogen-bond acceptors (Lipinski definition) is 4. The van der Waals surface area contributed by atoms with Gasteiger partial charge in [-0.25, -0.2) is 0 Å². The maximum atomic E-state index is 5.55. The van der Waals surface area contributed by atoms with Crippen molar-refractivity contribution >= 4 is 17.6 Å². The highest BCUT2D eigenvalue weighted by molar-refractivity contribution is 7.99. The van der Waals surface area contributed by atoms with Crippen molar-refractivity contribution in [1.29, 1.82) is 0 Å². The van der Waals surface area contributed by atoms with E-state index in [1.807, 2.05) is 18.2 Å². The number of fused-ring (bicyclic) bond motifs is 1. The van der Waals surface area contributed by atoms with Crippen LogP contribution in [-0.4, -0.2) is 16.1 Å². The molecule has 0 saturated heterocycles. The number of benzene rings is 1. The molecule has 4 nitrogen and oxygen atoms in total. The van der Waals surface area contributed by atoms with Crippen molar-refractivity contribution in [1.82, 2.24) is 10.2 Å². The van der Waals surface area contributed by atoms with Crippen molar-refractivity contribution in [2.75, 3.05) is 11.7 Å². The Morgan fingerprint density at radius 3 is 3.13 bits per heavy atom. The molecule has 0 amide bonds. The molecule has 0 aliphatic carbocycles. The molecule has 3 N–H and O–H groups in total. The minimum Gasteiger partial charge on any atom is -0.481 e. The molecule has 0 radical (unpaired) electrons. The van der Waals surface area contributed by atoms with E-state index < -0.39 is 0 Å². The first-order valence-electron chi connectivity index (χ1n) is 4.54. The van der Waals surface area contributed by atoms with Crippen LogP contribution in [0.15, 0.2) is 29.2 Å². The lowest BCUT2D eigenvalue weighted by Crippen LogP contribution is -1.84. The minimum absolute atomic E-state index is 0.501. The highest BCUT2D eigenvalue weighted by Gasteiger charge is 2.13. The number of hydrogen-bond donors (Lipinski definition) is 2. The van der Waals surface area contributed by atoms with E-state index in [1.54, 1.807) is 11.8 Å². The average molecular weight is 219 g/mol. The molecule has 0 bridgehead atoms. The summed E-state index contributed by atoms with van der Waals surface area (Å²) in [4.78, 5) is 1.19. The van der Waals surface area contributed by atoms with Gasteiger partial charge in [-0.15, -0.1) is 0 Å². The maximum Gasteiger partial charge on any atom is 0.145 e. The van der Waals surface area contributed by atoms with Crippen molar-refractivity contribution in [3.63, 3.8) is 0 Å². The molecule has 1 aromatic carbocycles. The SMILES string of the molecule is Nc1cc(-c2ccc3c(c2)OCS3)[nH]n1. The van der Waals surface area contributed by atoms with Gasteiger partial charge in [-0.05, 0) is 12.1 Å². The van der Waals surface area contributed by atoms with Crippen molar-refractivity contribution in [2.45, 2.75) is 4.90 Å². The van der Waals surface area contributed by atoms with Crippen LogP contribution in [0.4, 0.5) is 5.82 Å². The third kappa shape index (κ3) is 1.45. The normalized spacial score (nSPS) is 13.6. The van der Waals surface area contributed by atoms with Crippen LogP contribution in [-0.2, 0) is 0 Å². The van der Waals surface area contributed by atoms with Gasteiger partial charge in [-0.3, -0.25) is 5.10 Å². The molecule has 5 heteroatoms. The van der Waals surface area contributed by atoms with Gasteiger partial charge >= 0.3 is 0 Å². The summed E-state index contributed by atoms with van der Waals surface area (Å²) in [6, 6.07) is 7.90. The van der Waals surface area contributed by atoms with E-state index in [2.05, 4.69) is 16.3 Å². The Hall–Kier alpha value is -1.62. The number of nitrogens with two attached hydrogens (primary N) is 1. The molecule has 1 aliphatic heterocycles. The molecule has 0 saturated carbocycles. The second-order valence-corrected chi connectivity index (χ2v) is 4.24. The molecule has 0 unspecified atom stereocenters. The fourth-order valence-corrected chi connectivity index (χ4v) is 2.29. The largest absolute Gasteiger partial charge is 0.481 e. The molecule has 2 heterocycles. The number of nitrogen functional groups attached to an aromatic ring is 1. The van der Waals surface area contributed by atoms with Gasteiger partial charge in [-0.2, -0.15) is 5.10 Å². The summed E-state index contributed by atoms with van der Waals surface area (Å²) in [7, 11) is 0. The second kappa shape index (κ2) is 3.20. The van der Waals surface area contributed by atoms with Gasteiger partial charge < -0.3 is 10.5 Å². The number of nitrogens with one attached hydrogen (secondary N) is 1. The summed E-state index contributed by atoms with van der Waals surface area (Å²) >= 11 is 1.70. The number of aromatic amines is 1. The Labute approximate surface area is 90.8 Å². The Kier molecular flexibility index (Phi) is 1.85. The first-order chi connectivity index (χ1) is 7.33. The fourth-order valence-electron chi connectivity index (χ4n) is 1.55. The van der Waals surface area contributed by atoms with Crippen LogP contribution in [0.5, 0.6) is 5.75 Å². The molecule has 1 aromatic heterocycles. The van der Waals surface area contributed by atoms with Gasteiger partial charge in [0.05, 0.1) is 10.6 Å². The van der Waals surface area contributed by atoms with Crippen LogP contribution in [0.1, 0.15) is 0 Å². The molecule has 1 aliphatic rings. The van der Waals surface area contributed by atoms with E-state index >= 15 is 0 Å². The van der Waals surface area contributed by atoms with Gasteiger partial charge in [0.2, 0.25) is 0 Å². The van der Waals surface area contributed by atoms with Gasteiger partial charge in [0.1, 0.15) is 17.5 Å². The van der Waals surface area contributed by atoms with Gasteiger partial charge in [0.15, 0.2) is 0 Å². The van der Waals surface area contributed by atoms with Crippen molar-refractivity contribution in [3.05, 3.63) is 24.3 Å². The lowest BCUT2D eigenvalue weighted by Gasteiger charge is -2.00. The predicted molar refractivity (Wildman–Crippen MR) is 59.8 cm³/mol. The summed E-state index contributed by atoms with van der Waals surface area (Å²) in [5.41, 5.74) is 7.51. The first kappa shape index (κ1) is 8.67. The number of nitrogens with zero attached hydrogens (tertiary/aromatic N) is 1. The standard InChI is InChI=1S/C10H9N3OS/c11-10-4-7(12-13-10)6-1-2-9-8(3-6)14-5-15-9/h1-4H,5H2,(H3,11,12,13). The molecule has 0 fully saturated rings. The van der Waals surface area contributed by atoms with Crippen LogP contribution < -0.4 is 10.5 Å². The van der Waals surface area contributed by atoms with Crippen LogP contribution in [0.3, 0.4) is 0 Å². The Morgan fingerprint density at radius 1 is 1.40 bits per heavy atom. The maximum absolute atomic E-state index is 5.55. The number of thioether (sulfide) groups is 1. The molecular weight excluding hydrogens is 210 g/mol. The third-order valence-corrected chi connectivity index (χ3v) is 3.17. The Morgan fingerprint density at radius 2 is 2.33 bits per heavy atom. The monoisotopic (exact) mass is 219 g/mol. The number of H-pyrrole nitrogens is 1. The average Bonchev–Trinajstić information content (AvgIpc) is 2.84. The first-order valence-corrected chi connectivity index (χ1v) is 5.52. The quantitative estimate of drug-likeness (QED) is 0.771. The van der Waals surface area contributed by atoms with Gasteiger partial charge in [0, 0.05) is 11.6 Å². The summed E-state index contributed by atoms with van der Waals surface area (Å²) in [5.74, 6) is 2.13. The summed E-state index contributed by atoms with van der Waals surface area (Å²) in [6.45, 7) is 0. The molecular formula is C10H9N3OS. The Balaban J connectivity index is 2.06. The number of rotatable bonds is 1. The molecule has 0 atom stereocenters. The highest BCUT2D eigenvalue weighted by Crippen LogP contribution is 2.38. The van der Waals surface area contributed by atoms with E-state index in [1.165, 1.54) is 4.90 Å². The smallest absolute Gasteiger partial charge is 0.145 e. The van der Waals surface area contributed by atoms with E-state index in [-0.39, 0.29) is 0 Å². The zero-order valence-corrected chi connectivity index (χ0v) is 8.67. The molecule has 2 aromatic rings. The number of ether oxygens (including phenoxy) is 1. The minimum atomic E-state index is 0.501. The topological polar surface area (TPSA) is 63.9 Å². The molecule has 3 rings (SSSR count). The van der Waals surface area contributed by atoms with Gasteiger partial charge in [0.25, 0.3) is 0 Å². The summed E-state index contributed by atoms with van der Waals surface area (Å²) < 4.78 is 5.46. The summed E-state index contributed by atoms with van der Waals surface area (Å²) in [6.07, 6.45) is 0. The van der Waals surface area contributed by atoms with Crippen LogP contribution in [0.2, 0.25) is 0 Å². The summed E-state index contributed by atoms with van der Waals surface area (Å²) in [5, 5.41) is 6.77. The fraction of sp³-hybridized carbons (Fsp3) is 0.100. The second-order valence-electron chi connectivity index (χ2n) is 3.27. The van der Waals surface area contributed by atoms with E-state index in [0.29, 0.717) is 11.8 Å². The van der Waals surface area contributed by atoms with Crippen LogP contribution in [0.25, 0.3) is 11.3 Å². The lowest BCUT2D eigenvalue weighted by atomic mass is 10.1. The molecule has 76 valence electrons. The van der Waals surface area contributed by atoms with Crippen molar-refractivity contribution in [2.24, 2.45) is 0 Å². The molecule has 0 spiro atoms. The van der Waals surface area contributed by atoms with Crippen LogP contribution in [0, 0.1) is 0 Å². The van der Waals surface area contributed by atoms with Gasteiger partial charge in [-0.1, -0.05) is 17.8 Å².